The van der Waals surface area contributed by atoms with Crippen LogP contribution < -0.4 is 10.2 Å². The van der Waals surface area contributed by atoms with Crippen LogP contribution in [-0.2, 0) is 11.0 Å². The number of carbonyl (C=O) groups excluding carboxylic acids is 1. The molecule has 10 heteroatoms. The molecule has 1 saturated carbocycles. The highest BCUT2D eigenvalue weighted by Gasteiger charge is 2.35. The number of rotatable bonds is 4. The molecule has 2 aromatic rings. The maximum absolute atomic E-state index is 13.2. The van der Waals surface area contributed by atoms with Gasteiger partial charge < -0.3 is 15.1 Å². The van der Waals surface area contributed by atoms with E-state index >= 15 is 0 Å². The van der Waals surface area contributed by atoms with E-state index in [9.17, 15) is 18.0 Å². The standard InChI is InChI=1S/C24H29F3N6O/c1-15(34)32-8-5-18(6-9-32)20-12-22(30-21-11-19(4-7-28-21)24(25,26)27)31-23(29-20)33-13-16-2-3-17(10-16)14-33/h4,7,11-12,16-18H,2-3,5-6,8-10,13-14H2,1H3,(H,28,29,30,31). The van der Waals surface area contributed by atoms with E-state index in [0.717, 1.165) is 50.0 Å². The third-order valence-corrected chi connectivity index (χ3v) is 7.33. The van der Waals surface area contributed by atoms with Crippen molar-refractivity contribution < 1.29 is 18.0 Å². The van der Waals surface area contributed by atoms with Crippen LogP contribution in [0.4, 0.5) is 30.8 Å². The Morgan fingerprint density at radius 1 is 1.03 bits per heavy atom. The summed E-state index contributed by atoms with van der Waals surface area (Å²) in [7, 11) is 0. The highest BCUT2D eigenvalue weighted by Crippen LogP contribution is 2.38. The molecule has 2 saturated heterocycles. The monoisotopic (exact) mass is 474 g/mol. The summed E-state index contributed by atoms with van der Waals surface area (Å²) in [6.07, 6.45) is 1.99. The van der Waals surface area contributed by atoms with Crippen LogP contribution >= 0.6 is 0 Å². The minimum Gasteiger partial charge on any atom is -0.343 e. The third-order valence-electron chi connectivity index (χ3n) is 7.33. The zero-order valence-corrected chi connectivity index (χ0v) is 19.2. The predicted molar refractivity (Wildman–Crippen MR) is 122 cm³/mol. The molecule has 1 aliphatic carbocycles. The van der Waals surface area contributed by atoms with Gasteiger partial charge in [-0.15, -0.1) is 0 Å². The Labute approximate surface area is 196 Å². The van der Waals surface area contributed by atoms with Crippen molar-refractivity contribution in [3.05, 3.63) is 35.7 Å². The molecule has 1 amide bonds. The Kier molecular flexibility index (Phi) is 6.07. The lowest BCUT2D eigenvalue weighted by atomic mass is 9.93. The van der Waals surface area contributed by atoms with E-state index in [2.05, 4.69) is 15.2 Å². The molecule has 5 rings (SSSR count). The second kappa shape index (κ2) is 9.03. The molecule has 4 heterocycles. The van der Waals surface area contributed by atoms with Crippen LogP contribution in [0.3, 0.4) is 0 Å². The lowest BCUT2D eigenvalue weighted by Gasteiger charge is -2.34. The van der Waals surface area contributed by atoms with Crippen molar-refractivity contribution in [3.8, 4) is 0 Å². The predicted octanol–water partition coefficient (Wildman–Crippen LogP) is 4.60. The number of piperidine rings is 2. The smallest absolute Gasteiger partial charge is 0.343 e. The van der Waals surface area contributed by atoms with Gasteiger partial charge in [0.2, 0.25) is 11.9 Å². The minimum atomic E-state index is -4.45. The Bertz CT molecular complexity index is 1040. The Hall–Kier alpha value is -2.91. The first-order valence-corrected chi connectivity index (χ1v) is 11.9. The summed E-state index contributed by atoms with van der Waals surface area (Å²) in [5.74, 6) is 2.68. The van der Waals surface area contributed by atoms with Gasteiger partial charge in [0.25, 0.3) is 0 Å². The van der Waals surface area contributed by atoms with Gasteiger partial charge in [-0.25, -0.2) is 9.97 Å². The molecule has 2 bridgehead atoms. The fourth-order valence-corrected chi connectivity index (χ4v) is 5.54. The molecule has 34 heavy (non-hydrogen) atoms. The number of nitrogens with zero attached hydrogens (tertiary/aromatic N) is 5. The van der Waals surface area contributed by atoms with Crippen molar-refractivity contribution in [1.82, 2.24) is 19.9 Å². The van der Waals surface area contributed by atoms with Gasteiger partial charge in [-0.3, -0.25) is 4.79 Å². The van der Waals surface area contributed by atoms with Crippen LogP contribution in [0.1, 0.15) is 56.2 Å². The quantitative estimate of drug-likeness (QED) is 0.699. The van der Waals surface area contributed by atoms with Crippen LogP contribution in [-0.4, -0.2) is 51.9 Å². The van der Waals surface area contributed by atoms with E-state index < -0.39 is 11.7 Å². The molecule has 0 radical (unpaired) electrons. The first kappa shape index (κ1) is 22.9. The average Bonchev–Trinajstić information content (AvgIpc) is 3.15. The summed E-state index contributed by atoms with van der Waals surface area (Å²) >= 11 is 0. The van der Waals surface area contributed by atoms with E-state index in [1.807, 2.05) is 11.0 Å². The molecule has 3 aliphatic rings. The van der Waals surface area contributed by atoms with Gasteiger partial charge in [0, 0.05) is 51.3 Å². The molecule has 2 unspecified atom stereocenters. The molecular formula is C24H29F3N6O. The van der Waals surface area contributed by atoms with Crippen LogP contribution in [0.5, 0.6) is 0 Å². The number of halogens is 3. The Morgan fingerprint density at radius 3 is 2.38 bits per heavy atom. The summed E-state index contributed by atoms with van der Waals surface area (Å²) in [5, 5.41) is 2.99. The van der Waals surface area contributed by atoms with E-state index in [1.165, 1.54) is 19.3 Å². The summed E-state index contributed by atoms with van der Waals surface area (Å²) in [6, 6.07) is 3.76. The van der Waals surface area contributed by atoms with E-state index in [1.54, 1.807) is 6.92 Å². The summed E-state index contributed by atoms with van der Waals surface area (Å²) in [6.45, 7) is 4.74. The largest absolute Gasteiger partial charge is 0.416 e. The SMILES string of the molecule is CC(=O)N1CCC(c2cc(Nc3cc(C(F)(F)F)ccn3)nc(N3CC4CCC(C4)C3)n2)CC1. The molecule has 2 aromatic heterocycles. The van der Waals surface area contributed by atoms with Crippen LogP contribution in [0.25, 0.3) is 0 Å². The molecular weight excluding hydrogens is 445 g/mol. The fourth-order valence-electron chi connectivity index (χ4n) is 5.54. The molecule has 182 valence electrons. The number of alkyl halides is 3. The summed E-state index contributed by atoms with van der Waals surface area (Å²) in [4.78, 5) is 29.5. The second-order valence-corrected chi connectivity index (χ2v) is 9.76. The third kappa shape index (κ3) is 4.95. The molecule has 1 N–H and O–H groups in total. The zero-order chi connectivity index (χ0) is 23.9. The number of pyridine rings is 1. The first-order valence-electron chi connectivity index (χ1n) is 11.9. The fraction of sp³-hybridized carbons (Fsp3) is 0.583. The average molecular weight is 475 g/mol. The Balaban J connectivity index is 1.43. The number of amides is 1. The van der Waals surface area contributed by atoms with Gasteiger partial charge in [-0.05, 0) is 56.1 Å². The number of carbonyl (C=O) groups is 1. The first-order chi connectivity index (χ1) is 16.2. The van der Waals surface area contributed by atoms with E-state index in [-0.39, 0.29) is 17.6 Å². The number of hydrogen-bond donors (Lipinski definition) is 1. The van der Waals surface area contributed by atoms with Gasteiger partial charge in [0.1, 0.15) is 11.6 Å². The van der Waals surface area contributed by atoms with Gasteiger partial charge in [0.15, 0.2) is 0 Å². The zero-order valence-electron chi connectivity index (χ0n) is 19.2. The number of fused-ring (bicyclic) bond motifs is 2. The number of hydrogen-bond acceptors (Lipinski definition) is 6. The highest BCUT2D eigenvalue weighted by molar-refractivity contribution is 5.73. The number of anilines is 3. The number of nitrogens with one attached hydrogen (secondary N) is 1. The van der Waals surface area contributed by atoms with Crippen molar-refractivity contribution in [2.75, 3.05) is 36.4 Å². The van der Waals surface area contributed by atoms with Crippen molar-refractivity contribution in [2.45, 2.75) is 51.1 Å². The van der Waals surface area contributed by atoms with Crippen molar-refractivity contribution in [1.29, 1.82) is 0 Å². The topological polar surface area (TPSA) is 74.2 Å². The number of likely N-dealkylation sites (tertiary alicyclic amines) is 1. The Morgan fingerprint density at radius 2 is 1.74 bits per heavy atom. The van der Waals surface area contributed by atoms with Crippen molar-refractivity contribution in [3.63, 3.8) is 0 Å². The summed E-state index contributed by atoms with van der Waals surface area (Å²) in [5.41, 5.74) is 0.101. The van der Waals surface area contributed by atoms with Crippen LogP contribution in [0.2, 0.25) is 0 Å². The van der Waals surface area contributed by atoms with E-state index in [0.29, 0.717) is 36.7 Å². The van der Waals surface area contributed by atoms with E-state index in [4.69, 9.17) is 9.97 Å². The second-order valence-electron chi connectivity index (χ2n) is 9.76. The molecule has 0 spiro atoms. The van der Waals surface area contributed by atoms with Crippen LogP contribution in [0.15, 0.2) is 24.4 Å². The molecule has 7 nitrogen and oxygen atoms in total. The van der Waals surface area contributed by atoms with Crippen LogP contribution in [0, 0.1) is 11.8 Å². The van der Waals surface area contributed by atoms with Gasteiger partial charge in [-0.2, -0.15) is 18.2 Å². The highest BCUT2D eigenvalue weighted by atomic mass is 19.4. The maximum atomic E-state index is 13.2. The summed E-state index contributed by atoms with van der Waals surface area (Å²) < 4.78 is 39.5. The van der Waals surface area contributed by atoms with Crippen molar-refractivity contribution in [2.24, 2.45) is 11.8 Å². The minimum absolute atomic E-state index is 0.0728. The van der Waals surface area contributed by atoms with Gasteiger partial charge in [0.05, 0.1) is 11.3 Å². The molecule has 2 aliphatic heterocycles. The van der Waals surface area contributed by atoms with Gasteiger partial charge >= 0.3 is 6.18 Å². The van der Waals surface area contributed by atoms with Crippen molar-refractivity contribution >= 4 is 23.5 Å². The molecule has 2 atom stereocenters. The lowest BCUT2D eigenvalue weighted by molar-refractivity contribution is -0.137. The molecule has 0 aromatic carbocycles. The molecule has 3 fully saturated rings. The maximum Gasteiger partial charge on any atom is 0.416 e. The lowest BCUT2D eigenvalue weighted by Crippen LogP contribution is -2.38. The number of aromatic nitrogens is 3. The van der Waals surface area contributed by atoms with Gasteiger partial charge in [-0.1, -0.05) is 0 Å². The normalized spacial score (nSPS) is 23.3.